The van der Waals surface area contributed by atoms with Crippen molar-refractivity contribution in [3.8, 4) is 0 Å². The molecule has 1 fully saturated rings. The second kappa shape index (κ2) is 10.8. The van der Waals surface area contributed by atoms with Gasteiger partial charge in [-0.05, 0) is 39.7 Å². The Bertz CT molecular complexity index is 741. The molecule has 0 aromatic heterocycles. The normalized spacial score (nSPS) is 17.9. The summed E-state index contributed by atoms with van der Waals surface area (Å²) < 4.78 is 30.8. The zero-order valence-electron chi connectivity index (χ0n) is 17.9. The number of rotatable bonds is 6. The Hall–Kier alpha value is -2.06. The quantitative estimate of drug-likeness (QED) is 0.652. The molecular formula is C21H30ClFN2O5. The highest BCUT2D eigenvalue weighted by Crippen LogP contribution is 2.36. The molecule has 0 aliphatic carbocycles. The van der Waals surface area contributed by atoms with E-state index in [1.807, 2.05) is 20.8 Å². The summed E-state index contributed by atoms with van der Waals surface area (Å²) >= 11 is 5.98. The molecule has 2 rings (SSSR count). The van der Waals surface area contributed by atoms with E-state index in [0.29, 0.717) is 18.7 Å². The number of halogens is 2. The molecule has 7 nitrogen and oxygen atoms in total. The van der Waals surface area contributed by atoms with Gasteiger partial charge in [0, 0.05) is 31.1 Å². The summed E-state index contributed by atoms with van der Waals surface area (Å²) in [5.41, 5.74) is -0.268. The van der Waals surface area contributed by atoms with Crippen LogP contribution in [0.5, 0.6) is 0 Å². The molecule has 9 heteroatoms. The first-order valence-electron chi connectivity index (χ1n) is 9.97. The molecule has 0 spiro atoms. The van der Waals surface area contributed by atoms with Gasteiger partial charge in [-0.15, -0.1) is 0 Å². The fraction of sp³-hybridized carbons (Fsp3) is 0.619. The molecule has 1 N–H and O–H groups in total. The number of alkyl carbamates (subject to hydrolysis) is 1. The van der Waals surface area contributed by atoms with E-state index in [-0.39, 0.29) is 24.1 Å². The van der Waals surface area contributed by atoms with E-state index in [1.54, 1.807) is 17.0 Å². The average molecular weight is 445 g/mol. The first-order chi connectivity index (χ1) is 14.1. The van der Waals surface area contributed by atoms with Gasteiger partial charge in [-0.3, -0.25) is 0 Å². The van der Waals surface area contributed by atoms with Crippen molar-refractivity contribution in [2.75, 3.05) is 33.4 Å². The lowest BCUT2D eigenvalue weighted by molar-refractivity contribution is -0.0258. The van der Waals surface area contributed by atoms with Crippen molar-refractivity contribution in [1.29, 1.82) is 0 Å². The number of nitrogens with one attached hydrogen (secondary N) is 1. The molecule has 1 aromatic carbocycles. The zero-order chi connectivity index (χ0) is 22.3. The zero-order valence-corrected chi connectivity index (χ0v) is 18.6. The number of carbonyl (C=O) groups is 2. The third kappa shape index (κ3) is 7.02. The van der Waals surface area contributed by atoms with E-state index >= 15 is 0 Å². The minimum absolute atomic E-state index is 0.00796. The Kier molecular flexibility index (Phi) is 8.73. The maximum atomic E-state index is 14.8. The largest absolute Gasteiger partial charge is 0.453 e. The highest BCUT2D eigenvalue weighted by atomic mass is 35.5. The number of hydrogen-bond donors (Lipinski definition) is 1. The highest BCUT2D eigenvalue weighted by Gasteiger charge is 2.34. The molecule has 1 heterocycles. The van der Waals surface area contributed by atoms with Crippen LogP contribution in [0.25, 0.3) is 0 Å². The lowest BCUT2D eigenvalue weighted by atomic mass is 9.88. The van der Waals surface area contributed by atoms with Crippen LogP contribution in [0, 0.1) is 11.7 Å². The predicted molar refractivity (Wildman–Crippen MR) is 111 cm³/mol. The summed E-state index contributed by atoms with van der Waals surface area (Å²) in [4.78, 5) is 25.4. The molecule has 30 heavy (non-hydrogen) atoms. The Balaban J connectivity index is 2.15. The van der Waals surface area contributed by atoms with Crippen LogP contribution in [0.3, 0.4) is 0 Å². The van der Waals surface area contributed by atoms with Gasteiger partial charge >= 0.3 is 12.2 Å². The minimum Gasteiger partial charge on any atom is -0.453 e. The van der Waals surface area contributed by atoms with Crippen LogP contribution in [-0.4, -0.2) is 56.0 Å². The first kappa shape index (κ1) is 24.2. The van der Waals surface area contributed by atoms with Crippen molar-refractivity contribution in [3.63, 3.8) is 0 Å². The van der Waals surface area contributed by atoms with E-state index < -0.39 is 29.7 Å². The van der Waals surface area contributed by atoms with Crippen LogP contribution in [0.4, 0.5) is 14.0 Å². The Morgan fingerprint density at radius 2 is 2.10 bits per heavy atom. The molecule has 1 aliphatic rings. The maximum absolute atomic E-state index is 14.8. The number of piperidine rings is 1. The van der Waals surface area contributed by atoms with Gasteiger partial charge in [-0.2, -0.15) is 0 Å². The van der Waals surface area contributed by atoms with Crippen molar-refractivity contribution < 1.29 is 28.2 Å². The standard InChI is InChI=1S/C21H30ClFN2O5/c1-21(2,3)30-20(27)25-11-6-7-14(13-25)18(29-12-10-24-19(26)28-4)15-8-5-9-16(22)17(15)23/h5,8-9,14,18H,6-7,10-13H2,1-4H3,(H,24,26)/t14-,18-/m1/s1. The van der Waals surface area contributed by atoms with E-state index in [9.17, 15) is 14.0 Å². The van der Waals surface area contributed by atoms with E-state index in [4.69, 9.17) is 21.1 Å². The van der Waals surface area contributed by atoms with Crippen LogP contribution in [-0.2, 0) is 14.2 Å². The summed E-state index contributed by atoms with van der Waals surface area (Å²) in [5, 5.41) is 2.54. The molecule has 0 saturated carbocycles. The number of nitrogens with zero attached hydrogens (tertiary/aromatic N) is 1. The number of likely N-dealkylation sites (tertiary alicyclic amines) is 1. The van der Waals surface area contributed by atoms with Crippen molar-refractivity contribution >= 4 is 23.8 Å². The minimum atomic E-state index is -0.631. The second-order valence-electron chi connectivity index (χ2n) is 8.18. The van der Waals surface area contributed by atoms with E-state index in [2.05, 4.69) is 10.1 Å². The van der Waals surface area contributed by atoms with Gasteiger partial charge in [0.2, 0.25) is 0 Å². The van der Waals surface area contributed by atoms with Gasteiger partial charge in [0.25, 0.3) is 0 Å². The molecule has 0 unspecified atom stereocenters. The predicted octanol–water partition coefficient (Wildman–Crippen LogP) is 4.54. The fourth-order valence-electron chi connectivity index (χ4n) is 3.38. The van der Waals surface area contributed by atoms with Crippen LogP contribution < -0.4 is 5.32 Å². The van der Waals surface area contributed by atoms with Crippen LogP contribution >= 0.6 is 11.6 Å². The van der Waals surface area contributed by atoms with Gasteiger partial charge in [0.15, 0.2) is 0 Å². The summed E-state index contributed by atoms with van der Waals surface area (Å²) in [5.74, 6) is -0.697. The molecule has 168 valence electrons. The number of amides is 2. The monoisotopic (exact) mass is 444 g/mol. The van der Waals surface area contributed by atoms with Crippen molar-refractivity contribution in [2.45, 2.75) is 45.3 Å². The fourth-order valence-corrected chi connectivity index (χ4v) is 3.56. The molecule has 0 radical (unpaired) electrons. The van der Waals surface area contributed by atoms with Gasteiger partial charge in [0.05, 0.1) is 24.8 Å². The Morgan fingerprint density at radius 1 is 1.37 bits per heavy atom. The lowest BCUT2D eigenvalue weighted by Gasteiger charge is -2.37. The maximum Gasteiger partial charge on any atom is 0.410 e. The van der Waals surface area contributed by atoms with Gasteiger partial charge in [-0.1, -0.05) is 23.7 Å². The SMILES string of the molecule is COC(=O)NCCO[C@@H](c1cccc(Cl)c1F)[C@@H]1CCCN(C(=O)OC(C)(C)C)C1. The van der Waals surface area contributed by atoms with Gasteiger partial charge in [-0.25, -0.2) is 14.0 Å². The highest BCUT2D eigenvalue weighted by molar-refractivity contribution is 6.30. The van der Waals surface area contributed by atoms with Gasteiger partial charge < -0.3 is 24.4 Å². The molecule has 1 aromatic rings. The summed E-state index contributed by atoms with van der Waals surface area (Å²) in [6.45, 7) is 6.73. The number of hydrogen-bond acceptors (Lipinski definition) is 5. The third-order valence-electron chi connectivity index (χ3n) is 4.68. The smallest absolute Gasteiger partial charge is 0.410 e. The van der Waals surface area contributed by atoms with Crippen molar-refractivity contribution in [1.82, 2.24) is 10.2 Å². The topological polar surface area (TPSA) is 77.1 Å². The van der Waals surface area contributed by atoms with Crippen LogP contribution in [0.2, 0.25) is 5.02 Å². The average Bonchev–Trinajstić information content (AvgIpc) is 2.69. The number of methoxy groups -OCH3 is 1. The Labute approximate surface area is 181 Å². The van der Waals surface area contributed by atoms with Crippen molar-refractivity contribution in [3.05, 3.63) is 34.6 Å². The molecule has 2 amide bonds. The number of carbonyl (C=O) groups excluding carboxylic acids is 2. The summed E-state index contributed by atoms with van der Waals surface area (Å²) in [6, 6.07) is 4.77. The second-order valence-corrected chi connectivity index (χ2v) is 8.59. The lowest BCUT2D eigenvalue weighted by Crippen LogP contribution is -2.44. The van der Waals surface area contributed by atoms with Crippen LogP contribution in [0.15, 0.2) is 18.2 Å². The van der Waals surface area contributed by atoms with Crippen LogP contribution in [0.1, 0.15) is 45.3 Å². The molecule has 1 aliphatic heterocycles. The van der Waals surface area contributed by atoms with Gasteiger partial charge in [0.1, 0.15) is 11.4 Å². The third-order valence-corrected chi connectivity index (χ3v) is 4.97. The Morgan fingerprint density at radius 3 is 2.77 bits per heavy atom. The molecule has 0 bridgehead atoms. The molecule has 1 saturated heterocycles. The number of ether oxygens (including phenoxy) is 3. The summed E-state index contributed by atoms with van der Waals surface area (Å²) in [7, 11) is 1.27. The molecular weight excluding hydrogens is 415 g/mol. The molecule has 2 atom stereocenters. The first-order valence-corrected chi connectivity index (χ1v) is 10.4. The number of benzene rings is 1. The van der Waals surface area contributed by atoms with Crippen molar-refractivity contribution in [2.24, 2.45) is 5.92 Å². The van der Waals surface area contributed by atoms with E-state index in [0.717, 1.165) is 12.8 Å². The van der Waals surface area contributed by atoms with E-state index in [1.165, 1.54) is 13.2 Å². The summed E-state index contributed by atoms with van der Waals surface area (Å²) in [6.07, 6.45) is -0.108.